The largest absolute Gasteiger partial charge is 0.367 e. The first-order valence-electron chi connectivity index (χ1n) is 4.00. The molecular weight excluding hydrogens is 150 g/mol. The van der Waals surface area contributed by atoms with E-state index in [0.29, 0.717) is 6.42 Å². The first kappa shape index (κ1) is 8.82. The monoisotopic (exact) mass is 163 g/mol. The van der Waals surface area contributed by atoms with Crippen molar-refractivity contribution < 1.29 is 0 Å². The van der Waals surface area contributed by atoms with Crippen LogP contribution >= 0.6 is 0 Å². The number of aromatic amines is 1. The molecule has 1 N–H and O–H groups in total. The van der Waals surface area contributed by atoms with E-state index in [0.717, 1.165) is 13.1 Å². The standard InChI is InChI=1S/C9H13N3/c1-12(6-2-4-10)8-9-3-5-11-7-9/h3,5,7,11H,2,6,8H2,1H3. The van der Waals surface area contributed by atoms with Gasteiger partial charge >= 0.3 is 0 Å². The molecule has 0 aliphatic rings. The molecule has 0 fully saturated rings. The van der Waals surface area contributed by atoms with Gasteiger partial charge in [0.05, 0.1) is 6.07 Å². The van der Waals surface area contributed by atoms with Crippen LogP contribution in [0.3, 0.4) is 0 Å². The van der Waals surface area contributed by atoms with Gasteiger partial charge in [0.15, 0.2) is 0 Å². The second-order valence-corrected chi connectivity index (χ2v) is 2.87. The molecule has 0 aliphatic heterocycles. The summed E-state index contributed by atoms with van der Waals surface area (Å²) in [6.07, 6.45) is 4.48. The lowest BCUT2D eigenvalue weighted by Crippen LogP contribution is -2.18. The number of aromatic nitrogens is 1. The van der Waals surface area contributed by atoms with Crippen molar-refractivity contribution >= 4 is 0 Å². The highest BCUT2D eigenvalue weighted by atomic mass is 15.1. The van der Waals surface area contributed by atoms with E-state index in [-0.39, 0.29) is 0 Å². The fourth-order valence-electron chi connectivity index (χ4n) is 1.09. The smallest absolute Gasteiger partial charge is 0.0635 e. The molecule has 1 aromatic rings. The second kappa shape index (κ2) is 4.58. The SMILES string of the molecule is CN(CCC#N)Cc1cc[nH]c1. The minimum absolute atomic E-state index is 0.598. The van der Waals surface area contributed by atoms with Crippen LogP contribution in [0, 0.1) is 11.3 Å². The van der Waals surface area contributed by atoms with Crippen LogP contribution in [-0.4, -0.2) is 23.5 Å². The molecule has 3 nitrogen and oxygen atoms in total. The van der Waals surface area contributed by atoms with Crippen LogP contribution in [-0.2, 0) is 6.54 Å². The first-order valence-corrected chi connectivity index (χ1v) is 4.00. The van der Waals surface area contributed by atoms with Gasteiger partial charge in [-0.25, -0.2) is 0 Å². The van der Waals surface area contributed by atoms with Crippen molar-refractivity contribution in [3.8, 4) is 6.07 Å². The average Bonchev–Trinajstić information content (AvgIpc) is 2.53. The summed E-state index contributed by atoms with van der Waals surface area (Å²) < 4.78 is 0. The van der Waals surface area contributed by atoms with E-state index >= 15 is 0 Å². The third-order valence-electron chi connectivity index (χ3n) is 1.72. The van der Waals surface area contributed by atoms with E-state index in [4.69, 9.17) is 5.26 Å². The van der Waals surface area contributed by atoms with Crippen molar-refractivity contribution in [2.24, 2.45) is 0 Å². The van der Waals surface area contributed by atoms with Crippen molar-refractivity contribution in [3.05, 3.63) is 24.0 Å². The van der Waals surface area contributed by atoms with Crippen molar-refractivity contribution in [1.29, 1.82) is 5.26 Å². The number of hydrogen-bond donors (Lipinski definition) is 1. The molecule has 0 spiro atoms. The van der Waals surface area contributed by atoms with Crippen LogP contribution in [0.5, 0.6) is 0 Å². The summed E-state index contributed by atoms with van der Waals surface area (Å²) in [5.41, 5.74) is 1.26. The lowest BCUT2D eigenvalue weighted by Gasteiger charge is -2.12. The van der Waals surface area contributed by atoms with Gasteiger partial charge in [-0.15, -0.1) is 0 Å². The van der Waals surface area contributed by atoms with Gasteiger partial charge in [0.1, 0.15) is 0 Å². The van der Waals surface area contributed by atoms with Gasteiger partial charge in [0, 0.05) is 31.9 Å². The van der Waals surface area contributed by atoms with E-state index in [1.54, 1.807) is 0 Å². The summed E-state index contributed by atoms with van der Waals surface area (Å²) in [7, 11) is 2.02. The zero-order valence-corrected chi connectivity index (χ0v) is 7.25. The molecule has 0 radical (unpaired) electrons. The first-order chi connectivity index (χ1) is 5.83. The molecule has 0 saturated heterocycles. The Labute approximate surface area is 72.6 Å². The number of rotatable bonds is 4. The summed E-state index contributed by atoms with van der Waals surface area (Å²) in [4.78, 5) is 5.13. The predicted molar refractivity (Wildman–Crippen MR) is 47.4 cm³/mol. The molecule has 0 aromatic carbocycles. The fourth-order valence-corrected chi connectivity index (χ4v) is 1.09. The van der Waals surface area contributed by atoms with Crippen molar-refractivity contribution in [2.45, 2.75) is 13.0 Å². The van der Waals surface area contributed by atoms with E-state index < -0.39 is 0 Å². The minimum atomic E-state index is 0.598. The fraction of sp³-hybridized carbons (Fsp3) is 0.444. The summed E-state index contributed by atoms with van der Waals surface area (Å²) in [6, 6.07) is 4.17. The predicted octanol–water partition coefficient (Wildman–Crippen LogP) is 1.36. The molecule has 3 heteroatoms. The van der Waals surface area contributed by atoms with Gasteiger partial charge in [-0.1, -0.05) is 0 Å². The van der Waals surface area contributed by atoms with Gasteiger partial charge in [-0.3, -0.25) is 0 Å². The van der Waals surface area contributed by atoms with Crippen molar-refractivity contribution in [1.82, 2.24) is 9.88 Å². The number of nitriles is 1. The quantitative estimate of drug-likeness (QED) is 0.728. The van der Waals surface area contributed by atoms with Crippen LogP contribution in [0.15, 0.2) is 18.5 Å². The Morgan fingerprint density at radius 1 is 1.67 bits per heavy atom. The molecule has 64 valence electrons. The van der Waals surface area contributed by atoms with Gasteiger partial charge < -0.3 is 9.88 Å². The lowest BCUT2D eigenvalue weighted by molar-refractivity contribution is 0.335. The number of nitrogens with zero attached hydrogens (tertiary/aromatic N) is 2. The topological polar surface area (TPSA) is 42.8 Å². The Kier molecular flexibility index (Phi) is 3.36. The normalized spacial score (nSPS) is 10.1. The van der Waals surface area contributed by atoms with E-state index in [9.17, 15) is 0 Å². The maximum Gasteiger partial charge on any atom is 0.0635 e. The van der Waals surface area contributed by atoms with E-state index in [2.05, 4.69) is 16.0 Å². The van der Waals surface area contributed by atoms with Gasteiger partial charge in [-0.05, 0) is 18.7 Å². The molecule has 0 aliphatic carbocycles. The average molecular weight is 163 g/mol. The van der Waals surface area contributed by atoms with Crippen LogP contribution in [0.25, 0.3) is 0 Å². The minimum Gasteiger partial charge on any atom is -0.367 e. The highest BCUT2D eigenvalue weighted by Crippen LogP contribution is 2.00. The van der Waals surface area contributed by atoms with Gasteiger partial charge in [0.25, 0.3) is 0 Å². The van der Waals surface area contributed by atoms with Crippen LogP contribution in [0.2, 0.25) is 0 Å². The summed E-state index contributed by atoms with van der Waals surface area (Å²) in [6.45, 7) is 1.74. The maximum atomic E-state index is 8.36. The van der Waals surface area contributed by atoms with Gasteiger partial charge in [0.2, 0.25) is 0 Å². The third-order valence-corrected chi connectivity index (χ3v) is 1.72. The molecule has 0 bridgehead atoms. The number of H-pyrrole nitrogens is 1. The molecule has 0 atom stereocenters. The molecule has 1 rings (SSSR count). The second-order valence-electron chi connectivity index (χ2n) is 2.87. The van der Waals surface area contributed by atoms with Crippen molar-refractivity contribution in [2.75, 3.05) is 13.6 Å². The van der Waals surface area contributed by atoms with Crippen LogP contribution < -0.4 is 0 Å². The zero-order valence-electron chi connectivity index (χ0n) is 7.25. The highest BCUT2D eigenvalue weighted by Gasteiger charge is 1.98. The Morgan fingerprint density at radius 3 is 3.08 bits per heavy atom. The Hall–Kier alpha value is -1.27. The van der Waals surface area contributed by atoms with E-state index in [1.807, 2.05) is 25.5 Å². The lowest BCUT2D eigenvalue weighted by atomic mass is 10.3. The Morgan fingerprint density at radius 2 is 2.50 bits per heavy atom. The molecule has 1 aromatic heterocycles. The maximum absolute atomic E-state index is 8.36. The molecule has 0 amide bonds. The summed E-state index contributed by atoms with van der Waals surface area (Å²) in [5.74, 6) is 0. The molecule has 1 heterocycles. The number of nitrogens with one attached hydrogen (secondary N) is 1. The van der Waals surface area contributed by atoms with E-state index in [1.165, 1.54) is 5.56 Å². The molecule has 12 heavy (non-hydrogen) atoms. The summed E-state index contributed by atoms with van der Waals surface area (Å²) >= 11 is 0. The summed E-state index contributed by atoms with van der Waals surface area (Å²) in [5, 5.41) is 8.36. The Balaban J connectivity index is 2.28. The zero-order chi connectivity index (χ0) is 8.81. The highest BCUT2D eigenvalue weighted by molar-refractivity contribution is 5.07. The third kappa shape index (κ3) is 2.77. The van der Waals surface area contributed by atoms with Crippen LogP contribution in [0.4, 0.5) is 0 Å². The molecule has 0 saturated carbocycles. The Bertz CT molecular complexity index is 245. The molecule has 0 unspecified atom stereocenters. The number of hydrogen-bond acceptors (Lipinski definition) is 2. The molecular formula is C9H13N3. The van der Waals surface area contributed by atoms with Crippen LogP contribution in [0.1, 0.15) is 12.0 Å². The van der Waals surface area contributed by atoms with Gasteiger partial charge in [-0.2, -0.15) is 5.26 Å². The van der Waals surface area contributed by atoms with Crippen molar-refractivity contribution in [3.63, 3.8) is 0 Å².